The van der Waals surface area contributed by atoms with E-state index in [4.69, 9.17) is 20.3 Å². The predicted octanol–water partition coefficient (Wildman–Crippen LogP) is -0.554. The maximum absolute atomic E-state index is 11.6. The molecular weight excluding hydrogens is 240 g/mol. The number of nitrogens with one attached hydrogen (secondary N) is 1. The number of hydrogen-bond donors (Lipinski definition) is 3. The summed E-state index contributed by atoms with van der Waals surface area (Å²) in [6.45, 7) is 4.09. The Hall–Kier alpha value is -1.18. The monoisotopic (exact) mass is 260 g/mol. The highest BCUT2D eigenvalue weighted by Crippen LogP contribution is 2.22. The second-order valence-corrected chi connectivity index (χ2v) is 4.70. The van der Waals surface area contributed by atoms with Crippen molar-refractivity contribution in [3.63, 3.8) is 0 Å². The normalized spacial score (nSPS) is 23.6. The zero-order chi connectivity index (χ0) is 13.8. The van der Waals surface area contributed by atoms with Gasteiger partial charge in [-0.2, -0.15) is 0 Å². The van der Waals surface area contributed by atoms with Crippen LogP contribution in [0.3, 0.4) is 0 Å². The van der Waals surface area contributed by atoms with Crippen LogP contribution in [-0.4, -0.2) is 48.1 Å². The summed E-state index contributed by atoms with van der Waals surface area (Å²) in [6, 6.07) is -0.883. The van der Waals surface area contributed by atoms with Crippen LogP contribution in [0.1, 0.15) is 26.7 Å². The highest BCUT2D eigenvalue weighted by atomic mass is 16.7. The van der Waals surface area contributed by atoms with Crippen LogP contribution < -0.4 is 11.1 Å². The number of carbonyl (C=O) groups excluding carboxylic acids is 1. The fourth-order valence-corrected chi connectivity index (χ4v) is 1.59. The highest BCUT2D eigenvalue weighted by Gasteiger charge is 2.36. The second-order valence-electron chi connectivity index (χ2n) is 4.70. The van der Waals surface area contributed by atoms with E-state index in [-0.39, 0.29) is 12.5 Å². The Kier molecular flexibility index (Phi) is 5.06. The second kappa shape index (κ2) is 6.12. The number of ether oxygens (including phenoxy) is 2. The molecule has 0 saturated carbocycles. The van der Waals surface area contributed by atoms with Gasteiger partial charge < -0.3 is 25.6 Å². The van der Waals surface area contributed by atoms with Crippen LogP contribution in [0.15, 0.2) is 0 Å². The van der Waals surface area contributed by atoms with E-state index in [0.717, 1.165) is 0 Å². The number of hydrogen-bond acceptors (Lipinski definition) is 5. The van der Waals surface area contributed by atoms with E-state index in [9.17, 15) is 9.59 Å². The number of carbonyl (C=O) groups is 2. The van der Waals surface area contributed by atoms with Gasteiger partial charge in [-0.15, -0.1) is 0 Å². The smallest absolute Gasteiger partial charge is 0.320 e. The maximum atomic E-state index is 11.6. The van der Waals surface area contributed by atoms with Crippen molar-refractivity contribution in [1.29, 1.82) is 0 Å². The Labute approximate surface area is 106 Å². The van der Waals surface area contributed by atoms with Gasteiger partial charge in [0.05, 0.1) is 6.61 Å². The first kappa shape index (κ1) is 14.9. The molecule has 1 amide bonds. The topological polar surface area (TPSA) is 111 Å². The number of carboxylic acids is 1. The van der Waals surface area contributed by atoms with Gasteiger partial charge in [0.15, 0.2) is 11.9 Å². The molecule has 104 valence electrons. The first-order chi connectivity index (χ1) is 8.32. The lowest BCUT2D eigenvalue weighted by Gasteiger charge is -2.16. The highest BCUT2D eigenvalue weighted by molar-refractivity contribution is 5.81. The molecule has 1 heterocycles. The molecule has 0 bridgehead atoms. The molecular formula is C11H20N2O5. The van der Waals surface area contributed by atoms with Crippen molar-refractivity contribution < 1.29 is 24.2 Å². The minimum Gasteiger partial charge on any atom is -0.480 e. The van der Waals surface area contributed by atoms with Crippen LogP contribution >= 0.6 is 0 Å². The largest absolute Gasteiger partial charge is 0.480 e. The van der Waals surface area contributed by atoms with Crippen molar-refractivity contribution in [2.75, 3.05) is 13.2 Å². The molecule has 0 spiro atoms. The van der Waals surface area contributed by atoms with E-state index >= 15 is 0 Å². The molecule has 1 saturated heterocycles. The lowest BCUT2D eigenvalue weighted by atomic mass is 10.2. The molecule has 0 aromatic rings. The summed E-state index contributed by atoms with van der Waals surface area (Å²) in [5.41, 5.74) is 5.33. The summed E-state index contributed by atoms with van der Waals surface area (Å²) in [5.74, 6) is -2.01. The minimum atomic E-state index is -1.03. The molecule has 7 heteroatoms. The van der Waals surface area contributed by atoms with Gasteiger partial charge in [0.1, 0.15) is 6.04 Å². The van der Waals surface area contributed by atoms with Gasteiger partial charge in [-0.3, -0.25) is 9.59 Å². The predicted molar refractivity (Wildman–Crippen MR) is 62.8 cm³/mol. The SMILES string of the molecule is CC1(C)OCC(C(=O)NCCC[C@H](N)C(=O)O)O1. The van der Waals surface area contributed by atoms with Crippen LogP contribution in [0.25, 0.3) is 0 Å². The third kappa shape index (κ3) is 4.59. The summed E-state index contributed by atoms with van der Waals surface area (Å²) in [7, 11) is 0. The number of aliphatic carboxylic acids is 1. The van der Waals surface area contributed by atoms with Gasteiger partial charge in [-0.1, -0.05) is 0 Å². The van der Waals surface area contributed by atoms with E-state index in [2.05, 4.69) is 5.32 Å². The number of nitrogens with two attached hydrogens (primary N) is 1. The Morgan fingerprint density at radius 1 is 1.56 bits per heavy atom. The molecule has 18 heavy (non-hydrogen) atoms. The van der Waals surface area contributed by atoms with Crippen molar-refractivity contribution in [2.45, 2.75) is 44.6 Å². The van der Waals surface area contributed by atoms with Crippen molar-refractivity contribution in [1.82, 2.24) is 5.32 Å². The first-order valence-electron chi connectivity index (χ1n) is 5.90. The van der Waals surface area contributed by atoms with Gasteiger partial charge in [0.2, 0.25) is 0 Å². The fourth-order valence-electron chi connectivity index (χ4n) is 1.59. The first-order valence-corrected chi connectivity index (χ1v) is 5.90. The number of rotatable bonds is 6. The summed E-state index contributed by atoms with van der Waals surface area (Å²) in [6.07, 6.45) is 0.229. The third-order valence-electron chi connectivity index (χ3n) is 2.61. The molecule has 1 aliphatic rings. The molecule has 2 atom stereocenters. The quantitative estimate of drug-likeness (QED) is 0.552. The average molecular weight is 260 g/mol. The molecule has 1 aliphatic heterocycles. The molecule has 1 unspecified atom stereocenters. The Balaban J connectivity index is 2.17. The Morgan fingerprint density at radius 2 is 2.22 bits per heavy atom. The van der Waals surface area contributed by atoms with Gasteiger partial charge >= 0.3 is 5.97 Å². The zero-order valence-electron chi connectivity index (χ0n) is 10.6. The number of carboxylic acid groups (broad SMARTS) is 1. The summed E-state index contributed by atoms with van der Waals surface area (Å²) >= 11 is 0. The van der Waals surface area contributed by atoms with Crippen LogP contribution in [0.2, 0.25) is 0 Å². The molecule has 0 aromatic carbocycles. The molecule has 4 N–H and O–H groups in total. The average Bonchev–Trinajstić information content (AvgIpc) is 2.64. The van der Waals surface area contributed by atoms with Crippen LogP contribution in [-0.2, 0) is 19.1 Å². The van der Waals surface area contributed by atoms with E-state index in [1.165, 1.54) is 0 Å². The standard InChI is InChI=1S/C11H20N2O5/c1-11(2)17-6-8(18-11)9(14)13-5-3-4-7(12)10(15)16/h7-8H,3-6,12H2,1-2H3,(H,13,14)(H,15,16)/t7-,8?/m0/s1. The zero-order valence-corrected chi connectivity index (χ0v) is 10.6. The fraction of sp³-hybridized carbons (Fsp3) is 0.818. The van der Waals surface area contributed by atoms with Crippen molar-refractivity contribution >= 4 is 11.9 Å². The number of amides is 1. The van der Waals surface area contributed by atoms with Gasteiger partial charge in [0.25, 0.3) is 5.91 Å². The van der Waals surface area contributed by atoms with E-state index in [1.807, 2.05) is 0 Å². The third-order valence-corrected chi connectivity index (χ3v) is 2.61. The molecule has 0 radical (unpaired) electrons. The summed E-state index contributed by atoms with van der Waals surface area (Å²) in [4.78, 5) is 22.1. The molecule has 0 aromatic heterocycles. The summed E-state index contributed by atoms with van der Waals surface area (Å²) in [5, 5.41) is 11.2. The summed E-state index contributed by atoms with van der Waals surface area (Å²) < 4.78 is 10.6. The lowest BCUT2D eigenvalue weighted by molar-refractivity contribution is -0.153. The maximum Gasteiger partial charge on any atom is 0.320 e. The van der Waals surface area contributed by atoms with Crippen molar-refractivity contribution in [3.8, 4) is 0 Å². The van der Waals surface area contributed by atoms with Crippen LogP contribution in [0.4, 0.5) is 0 Å². The molecule has 7 nitrogen and oxygen atoms in total. The van der Waals surface area contributed by atoms with E-state index in [1.54, 1.807) is 13.8 Å². The Bertz CT molecular complexity index is 319. The van der Waals surface area contributed by atoms with Crippen LogP contribution in [0, 0.1) is 0 Å². The van der Waals surface area contributed by atoms with E-state index in [0.29, 0.717) is 19.4 Å². The molecule has 1 rings (SSSR count). The van der Waals surface area contributed by atoms with Crippen molar-refractivity contribution in [3.05, 3.63) is 0 Å². The minimum absolute atomic E-state index is 0.230. The van der Waals surface area contributed by atoms with Gasteiger partial charge in [0, 0.05) is 6.54 Å². The van der Waals surface area contributed by atoms with E-state index < -0.39 is 23.9 Å². The van der Waals surface area contributed by atoms with Gasteiger partial charge in [-0.25, -0.2) is 0 Å². The van der Waals surface area contributed by atoms with Gasteiger partial charge in [-0.05, 0) is 26.7 Å². The Morgan fingerprint density at radius 3 is 2.72 bits per heavy atom. The van der Waals surface area contributed by atoms with Crippen molar-refractivity contribution in [2.24, 2.45) is 5.73 Å². The molecule has 0 aliphatic carbocycles. The molecule has 1 fully saturated rings. The lowest BCUT2D eigenvalue weighted by Crippen LogP contribution is -2.38. The van der Waals surface area contributed by atoms with Crippen LogP contribution in [0.5, 0.6) is 0 Å².